The largest absolute Gasteiger partial charge is 0.387 e. The number of nitrogens with one attached hydrogen (secondary N) is 1. The summed E-state index contributed by atoms with van der Waals surface area (Å²) < 4.78 is 0. The van der Waals surface area contributed by atoms with Crippen LogP contribution in [0.4, 0.5) is 0 Å². The number of rotatable bonds is 6. The summed E-state index contributed by atoms with van der Waals surface area (Å²) in [5, 5.41) is 9.24. The molecule has 2 aromatic carbocycles. The summed E-state index contributed by atoms with van der Waals surface area (Å²) in [6.07, 6.45) is 2.00. The summed E-state index contributed by atoms with van der Waals surface area (Å²) in [5.74, 6) is 0.826. The van der Waals surface area contributed by atoms with E-state index in [2.05, 4.69) is 22.0 Å². The zero-order valence-corrected chi connectivity index (χ0v) is 18.4. The van der Waals surface area contributed by atoms with E-state index in [1.165, 1.54) is 0 Å². The van der Waals surface area contributed by atoms with Gasteiger partial charge in [0.25, 0.3) is 5.91 Å². The summed E-state index contributed by atoms with van der Waals surface area (Å²) in [7, 11) is 0. The zero-order valence-electron chi connectivity index (χ0n) is 16.0. The van der Waals surface area contributed by atoms with Crippen molar-refractivity contribution in [2.75, 3.05) is 18.8 Å². The molecule has 154 valence electrons. The molecule has 0 saturated heterocycles. The van der Waals surface area contributed by atoms with Crippen LogP contribution < -0.4 is 5.32 Å². The highest BCUT2D eigenvalue weighted by atomic mass is 35.5. The maximum atomic E-state index is 12.6. The first-order chi connectivity index (χ1) is 14.5. The average molecular weight is 460 g/mol. The predicted octanol–water partition coefficient (Wildman–Crippen LogP) is 5.38. The first-order valence-corrected chi connectivity index (χ1v) is 11.2. The van der Waals surface area contributed by atoms with E-state index in [1.54, 1.807) is 30.0 Å². The second kappa shape index (κ2) is 9.25. The van der Waals surface area contributed by atoms with E-state index < -0.39 is 0 Å². The molecule has 2 aromatic rings. The third-order valence-corrected chi connectivity index (χ3v) is 6.25. The van der Waals surface area contributed by atoms with Crippen LogP contribution >= 0.6 is 35.0 Å². The number of carbonyl (C=O) groups excluding carboxylic acids is 1. The monoisotopic (exact) mass is 459 g/mol. The lowest BCUT2D eigenvalue weighted by Gasteiger charge is -2.11. The van der Waals surface area contributed by atoms with Crippen LogP contribution in [-0.4, -0.2) is 35.5 Å². The van der Waals surface area contributed by atoms with Crippen molar-refractivity contribution in [3.05, 3.63) is 75.3 Å². The number of benzene rings is 2. The molecule has 0 aliphatic carbocycles. The van der Waals surface area contributed by atoms with Gasteiger partial charge in [-0.1, -0.05) is 47.1 Å². The van der Waals surface area contributed by atoms with Crippen LogP contribution in [0.3, 0.4) is 0 Å². The molecule has 2 heterocycles. The lowest BCUT2D eigenvalue weighted by molar-refractivity contribution is 0.0857. The van der Waals surface area contributed by atoms with Crippen LogP contribution in [0.1, 0.15) is 39.6 Å². The first-order valence-electron chi connectivity index (χ1n) is 9.43. The zero-order chi connectivity index (χ0) is 21.1. The minimum Gasteiger partial charge on any atom is -0.387 e. The molecule has 30 heavy (non-hydrogen) atoms. The Morgan fingerprint density at radius 1 is 1.27 bits per heavy atom. The van der Waals surface area contributed by atoms with E-state index in [-0.39, 0.29) is 12.0 Å². The number of oxime groups is 1. The Morgan fingerprint density at radius 3 is 2.77 bits per heavy atom. The number of aliphatic imine (C=N–C) groups is 1. The molecular formula is C22H19Cl2N3O2S. The van der Waals surface area contributed by atoms with Gasteiger partial charge in [0, 0.05) is 39.9 Å². The molecule has 1 atom stereocenters. The van der Waals surface area contributed by atoms with Crippen molar-refractivity contribution in [3.8, 4) is 0 Å². The van der Waals surface area contributed by atoms with Crippen molar-refractivity contribution < 1.29 is 9.63 Å². The van der Waals surface area contributed by atoms with Crippen LogP contribution in [0.15, 0.2) is 53.1 Å². The van der Waals surface area contributed by atoms with Gasteiger partial charge < -0.3 is 10.2 Å². The highest BCUT2D eigenvalue weighted by Gasteiger charge is 2.25. The fraction of sp³-hybridized carbons (Fsp3) is 0.227. The minimum atomic E-state index is -0.254. The van der Waals surface area contributed by atoms with Crippen molar-refractivity contribution in [2.45, 2.75) is 12.5 Å². The number of hydrogen-bond acceptors (Lipinski definition) is 5. The van der Waals surface area contributed by atoms with Gasteiger partial charge in [0.2, 0.25) is 0 Å². The van der Waals surface area contributed by atoms with Crippen molar-refractivity contribution in [2.24, 2.45) is 10.1 Å². The topological polar surface area (TPSA) is 63.0 Å². The lowest BCUT2D eigenvalue weighted by Crippen LogP contribution is -2.28. The van der Waals surface area contributed by atoms with Crippen molar-refractivity contribution in [3.63, 3.8) is 0 Å². The molecule has 1 N–H and O–H groups in total. The molecule has 0 spiro atoms. The van der Waals surface area contributed by atoms with Gasteiger partial charge in [-0.05, 0) is 41.5 Å². The van der Waals surface area contributed by atoms with Gasteiger partial charge in [0.05, 0.1) is 17.3 Å². The van der Waals surface area contributed by atoms with Crippen molar-refractivity contribution in [1.29, 1.82) is 0 Å². The van der Waals surface area contributed by atoms with E-state index >= 15 is 0 Å². The molecule has 0 fully saturated rings. The number of nitrogens with zero attached hydrogens (tertiary/aromatic N) is 2. The standard InChI is InChI=1S/C22H19Cl2N3O2S/c1-2-13-7-14(3-4-18(13)22(28)26-12-21-25-5-6-30-21)19-11-20(29-27-19)15-8-16(23)10-17(24)9-15/h2-4,7-10,20H,1,5-6,11-12H2,(H,26,28). The number of carbonyl (C=O) groups is 1. The SMILES string of the molecule is C=Cc1cc(C2=NOC(c3cc(Cl)cc(Cl)c3)C2)ccc1C(=O)NCC1=NCCS1. The maximum absolute atomic E-state index is 12.6. The Balaban J connectivity index is 1.47. The molecule has 0 bridgehead atoms. The number of halogens is 2. The van der Waals surface area contributed by atoms with Crippen LogP contribution in [0, 0.1) is 0 Å². The minimum absolute atomic E-state index is 0.150. The van der Waals surface area contributed by atoms with Gasteiger partial charge in [-0.2, -0.15) is 0 Å². The molecular weight excluding hydrogens is 441 g/mol. The third-order valence-electron chi connectivity index (χ3n) is 4.82. The maximum Gasteiger partial charge on any atom is 0.252 e. The van der Waals surface area contributed by atoms with Crippen molar-refractivity contribution in [1.82, 2.24) is 5.32 Å². The van der Waals surface area contributed by atoms with E-state index in [9.17, 15) is 4.79 Å². The molecule has 5 nitrogen and oxygen atoms in total. The van der Waals surface area contributed by atoms with Gasteiger partial charge >= 0.3 is 0 Å². The molecule has 2 aliphatic rings. The lowest BCUT2D eigenvalue weighted by atomic mass is 9.96. The van der Waals surface area contributed by atoms with Crippen LogP contribution in [0.2, 0.25) is 10.0 Å². The molecule has 8 heteroatoms. The quantitative estimate of drug-likeness (QED) is 0.630. The normalized spacial score (nSPS) is 17.9. The fourth-order valence-corrected chi connectivity index (χ4v) is 4.66. The second-order valence-electron chi connectivity index (χ2n) is 6.85. The summed E-state index contributed by atoms with van der Waals surface area (Å²) >= 11 is 13.9. The number of thioether (sulfide) groups is 1. The summed E-state index contributed by atoms with van der Waals surface area (Å²) in [6.45, 7) is 5.12. The summed E-state index contributed by atoms with van der Waals surface area (Å²) in [5.41, 5.74) is 3.85. The highest BCUT2D eigenvalue weighted by molar-refractivity contribution is 8.14. The first kappa shape index (κ1) is 21.0. The Labute approximate surface area is 189 Å². The van der Waals surface area contributed by atoms with E-state index in [1.807, 2.05) is 24.3 Å². The molecule has 0 radical (unpaired) electrons. The third kappa shape index (κ3) is 4.72. The Kier molecular flexibility index (Phi) is 6.46. The Bertz CT molecular complexity index is 1050. The smallest absolute Gasteiger partial charge is 0.252 e. The van der Waals surface area contributed by atoms with Gasteiger partial charge in [-0.3, -0.25) is 9.79 Å². The molecule has 1 unspecified atom stereocenters. The van der Waals surface area contributed by atoms with Crippen LogP contribution in [0.5, 0.6) is 0 Å². The average Bonchev–Trinajstić information content (AvgIpc) is 3.43. The predicted molar refractivity (Wildman–Crippen MR) is 125 cm³/mol. The van der Waals surface area contributed by atoms with Crippen LogP contribution in [-0.2, 0) is 4.84 Å². The van der Waals surface area contributed by atoms with Gasteiger partial charge in [-0.25, -0.2) is 0 Å². The Hall–Kier alpha value is -2.28. The van der Waals surface area contributed by atoms with Gasteiger partial charge in [0.15, 0.2) is 6.10 Å². The molecule has 1 amide bonds. The molecule has 0 saturated carbocycles. The van der Waals surface area contributed by atoms with Gasteiger partial charge in [-0.15, -0.1) is 11.8 Å². The highest BCUT2D eigenvalue weighted by Crippen LogP contribution is 2.33. The second-order valence-corrected chi connectivity index (χ2v) is 8.89. The summed E-state index contributed by atoms with van der Waals surface area (Å²) in [6, 6.07) is 10.9. The number of amides is 1. The Morgan fingerprint density at radius 2 is 2.07 bits per heavy atom. The number of hydrogen-bond donors (Lipinski definition) is 1. The molecule has 2 aliphatic heterocycles. The van der Waals surface area contributed by atoms with Crippen LogP contribution in [0.25, 0.3) is 6.08 Å². The van der Waals surface area contributed by atoms with E-state index in [0.29, 0.717) is 28.6 Å². The molecule has 4 rings (SSSR count). The molecule has 0 aromatic heterocycles. The van der Waals surface area contributed by atoms with Gasteiger partial charge in [0.1, 0.15) is 0 Å². The fourth-order valence-electron chi connectivity index (χ4n) is 3.34. The van der Waals surface area contributed by atoms with Crippen molar-refractivity contribution >= 4 is 57.7 Å². The van der Waals surface area contributed by atoms with E-state index in [0.717, 1.165) is 39.7 Å². The summed E-state index contributed by atoms with van der Waals surface area (Å²) in [4.78, 5) is 22.6. The van der Waals surface area contributed by atoms with E-state index in [4.69, 9.17) is 28.0 Å².